The summed E-state index contributed by atoms with van der Waals surface area (Å²) in [5.74, 6) is 0.738. The van der Waals surface area contributed by atoms with Crippen LogP contribution in [0.3, 0.4) is 0 Å². The van der Waals surface area contributed by atoms with Gasteiger partial charge in [-0.3, -0.25) is 0 Å². The lowest BCUT2D eigenvalue weighted by Gasteiger charge is -2.10. The molecule has 0 amide bonds. The monoisotopic (exact) mass is 176 g/mol. The highest BCUT2D eigenvalue weighted by Crippen LogP contribution is 2.21. The summed E-state index contributed by atoms with van der Waals surface area (Å²) in [6, 6.07) is 10.2. The van der Waals surface area contributed by atoms with Gasteiger partial charge in [-0.2, -0.15) is 0 Å². The van der Waals surface area contributed by atoms with Crippen molar-refractivity contribution in [3.8, 4) is 0 Å². The summed E-state index contributed by atoms with van der Waals surface area (Å²) >= 11 is 0. The maximum Gasteiger partial charge on any atom is 0.0858 e. The van der Waals surface area contributed by atoms with Crippen molar-refractivity contribution < 1.29 is 5.11 Å². The lowest BCUT2D eigenvalue weighted by atomic mass is 9.96. The van der Waals surface area contributed by atoms with Gasteiger partial charge in [-0.15, -0.1) is 0 Å². The third-order valence-corrected chi connectivity index (χ3v) is 2.11. The largest absolute Gasteiger partial charge is 0.513 e. The molecule has 1 unspecified atom stereocenters. The topological polar surface area (TPSA) is 20.2 Å². The van der Waals surface area contributed by atoms with E-state index in [2.05, 4.69) is 19.1 Å². The summed E-state index contributed by atoms with van der Waals surface area (Å²) in [4.78, 5) is 0. The lowest BCUT2D eigenvalue weighted by molar-refractivity contribution is 0.409. The van der Waals surface area contributed by atoms with Crippen LogP contribution in [0.15, 0.2) is 42.2 Å². The van der Waals surface area contributed by atoms with Gasteiger partial charge in [0.1, 0.15) is 0 Å². The van der Waals surface area contributed by atoms with Gasteiger partial charge in [-0.1, -0.05) is 37.3 Å². The van der Waals surface area contributed by atoms with Crippen LogP contribution in [0.4, 0.5) is 0 Å². The normalized spacial score (nSPS) is 14.2. The van der Waals surface area contributed by atoms with Gasteiger partial charge in [-0.05, 0) is 25.0 Å². The van der Waals surface area contributed by atoms with E-state index in [4.69, 9.17) is 0 Å². The van der Waals surface area contributed by atoms with Gasteiger partial charge in [0.2, 0.25) is 0 Å². The second-order valence-electron chi connectivity index (χ2n) is 3.23. The fourth-order valence-electron chi connectivity index (χ4n) is 1.44. The molecule has 0 spiro atoms. The third-order valence-electron chi connectivity index (χ3n) is 2.11. The average molecular weight is 176 g/mol. The summed E-state index contributed by atoms with van der Waals surface area (Å²) in [6.07, 6.45) is 2.91. The summed E-state index contributed by atoms with van der Waals surface area (Å²) in [6.45, 7) is 3.84. The molecule has 0 saturated carbocycles. The predicted octanol–water partition coefficient (Wildman–Crippen LogP) is 3.64. The van der Waals surface area contributed by atoms with Crippen LogP contribution in [-0.4, -0.2) is 5.11 Å². The lowest BCUT2D eigenvalue weighted by Crippen LogP contribution is -1.93. The minimum absolute atomic E-state index is 0.339. The van der Waals surface area contributed by atoms with E-state index in [1.807, 2.05) is 24.3 Å². The van der Waals surface area contributed by atoms with E-state index in [0.29, 0.717) is 11.7 Å². The molecule has 0 heterocycles. The summed E-state index contributed by atoms with van der Waals surface area (Å²) in [5.41, 5.74) is 1.26. The number of aliphatic hydroxyl groups is 1. The number of benzene rings is 1. The summed E-state index contributed by atoms with van der Waals surface area (Å²) < 4.78 is 0. The molecule has 13 heavy (non-hydrogen) atoms. The molecule has 0 aliphatic heterocycles. The van der Waals surface area contributed by atoms with Crippen molar-refractivity contribution in [2.45, 2.75) is 26.2 Å². The Kier molecular flexibility index (Phi) is 3.56. The molecule has 1 N–H and O–H groups in total. The standard InChI is InChI=1S/C12H16O/c1-3-11(9-10(2)13)12-7-5-4-6-8-12/h4-9,11,13H,3H2,1-2H3/b10-9+. The zero-order valence-corrected chi connectivity index (χ0v) is 8.20. The van der Waals surface area contributed by atoms with Crippen LogP contribution in [0, 0.1) is 0 Å². The first-order valence-corrected chi connectivity index (χ1v) is 4.66. The van der Waals surface area contributed by atoms with Crippen LogP contribution in [0.25, 0.3) is 0 Å². The molecule has 0 radical (unpaired) electrons. The van der Waals surface area contributed by atoms with Crippen LogP contribution in [0.5, 0.6) is 0 Å². The SMILES string of the molecule is CCC(/C=C(\C)O)c1ccccc1. The smallest absolute Gasteiger partial charge is 0.0858 e. The Morgan fingerprint density at radius 2 is 2.00 bits per heavy atom. The number of aliphatic hydroxyl groups excluding tert-OH is 1. The van der Waals surface area contributed by atoms with Gasteiger partial charge >= 0.3 is 0 Å². The summed E-state index contributed by atoms with van der Waals surface area (Å²) in [5, 5.41) is 9.18. The summed E-state index contributed by atoms with van der Waals surface area (Å²) in [7, 11) is 0. The van der Waals surface area contributed by atoms with E-state index in [-0.39, 0.29) is 0 Å². The molecule has 0 saturated heterocycles. The molecule has 1 rings (SSSR count). The first kappa shape index (κ1) is 9.85. The Balaban J connectivity index is 2.85. The first-order valence-electron chi connectivity index (χ1n) is 4.66. The van der Waals surface area contributed by atoms with Crippen LogP contribution in [-0.2, 0) is 0 Å². The quantitative estimate of drug-likeness (QED) is 0.697. The highest BCUT2D eigenvalue weighted by atomic mass is 16.3. The minimum Gasteiger partial charge on any atom is -0.513 e. The van der Waals surface area contributed by atoms with Crippen LogP contribution in [0.2, 0.25) is 0 Å². The molecular formula is C12H16O. The molecule has 0 fully saturated rings. The minimum atomic E-state index is 0.339. The molecule has 1 nitrogen and oxygen atoms in total. The van der Waals surface area contributed by atoms with E-state index in [1.165, 1.54) is 5.56 Å². The fourth-order valence-corrected chi connectivity index (χ4v) is 1.44. The van der Waals surface area contributed by atoms with E-state index < -0.39 is 0 Å². The van der Waals surface area contributed by atoms with Crippen molar-refractivity contribution in [1.29, 1.82) is 0 Å². The molecule has 0 aromatic heterocycles. The van der Waals surface area contributed by atoms with E-state index in [1.54, 1.807) is 6.92 Å². The second kappa shape index (κ2) is 4.70. The Morgan fingerprint density at radius 1 is 1.38 bits per heavy atom. The van der Waals surface area contributed by atoms with Crippen molar-refractivity contribution in [2.75, 3.05) is 0 Å². The van der Waals surface area contributed by atoms with Crippen LogP contribution < -0.4 is 0 Å². The molecule has 1 atom stereocenters. The molecule has 0 aliphatic carbocycles. The van der Waals surface area contributed by atoms with Crippen molar-refractivity contribution in [2.24, 2.45) is 0 Å². The van der Waals surface area contributed by atoms with Gasteiger partial charge in [0, 0.05) is 5.92 Å². The van der Waals surface area contributed by atoms with Gasteiger partial charge in [0.15, 0.2) is 0 Å². The molecule has 0 aliphatic rings. The van der Waals surface area contributed by atoms with Gasteiger partial charge in [0.25, 0.3) is 0 Å². The van der Waals surface area contributed by atoms with Gasteiger partial charge < -0.3 is 5.11 Å². The zero-order valence-electron chi connectivity index (χ0n) is 8.20. The molecule has 1 aromatic carbocycles. The highest BCUT2D eigenvalue weighted by Gasteiger charge is 2.04. The maximum atomic E-state index is 9.18. The van der Waals surface area contributed by atoms with E-state index >= 15 is 0 Å². The molecule has 70 valence electrons. The van der Waals surface area contributed by atoms with Crippen molar-refractivity contribution in [3.05, 3.63) is 47.7 Å². The van der Waals surface area contributed by atoms with E-state index in [0.717, 1.165) is 6.42 Å². The molecule has 1 heteroatoms. The Labute approximate surface area is 79.7 Å². The first-order chi connectivity index (χ1) is 6.24. The van der Waals surface area contributed by atoms with Crippen LogP contribution >= 0.6 is 0 Å². The Hall–Kier alpha value is -1.24. The van der Waals surface area contributed by atoms with Crippen LogP contribution in [0.1, 0.15) is 31.7 Å². The highest BCUT2D eigenvalue weighted by molar-refractivity contribution is 5.23. The van der Waals surface area contributed by atoms with Crippen molar-refractivity contribution >= 4 is 0 Å². The average Bonchev–Trinajstić information content (AvgIpc) is 2.15. The fraction of sp³-hybridized carbons (Fsp3) is 0.333. The maximum absolute atomic E-state index is 9.18. The third kappa shape index (κ3) is 2.94. The number of rotatable bonds is 3. The Morgan fingerprint density at radius 3 is 2.46 bits per heavy atom. The van der Waals surface area contributed by atoms with Crippen molar-refractivity contribution in [3.63, 3.8) is 0 Å². The molecule has 0 bridgehead atoms. The molecular weight excluding hydrogens is 160 g/mol. The predicted molar refractivity (Wildman–Crippen MR) is 55.9 cm³/mol. The number of allylic oxidation sites excluding steroid dienone is 2. The van der Waals surface area contributed by atoms with Gasteiger partial charge in [-0.25, -0.2) is 0 Å². The van der Waals surface area contributed by atoms with Crippen molar-refractivity contribution in [1.82, 2.24) is 0 Å². The zero-order chi connectivity index (χ0) is 9.68. The van der Waals surface area contributed by atoms with E-state index in [9.17, 15) is 5.11 Å². The number of hydrogen-bond acceptors (Lipinski definition) is 1. The number of hydrogen-bond donors (Lipinski definition) is 1. The van der Waals surface area contributed by atoms with Gasteiger partial charge in [0.05, 0.1) is 5.76 Å². The Bertz CT molecular complexity index is 270. The molecule has 1 aromatic rings. The second-order valence-corrected chi connectivity index (χ2v) is 3.23.